The Kier molecular flexibility index (Phi) is 8.74. The van der Waals surface area contributed by atoms with E-state index >= 15 is 0 Å². The van der Waals surface area contributed by atoms with Crippen LogP contribution in [0.3, 0.4) is 0 Å². The molecule has 0 amide bonds. The fourth-order valence-corrected chi connectivity index (χ4v) is 5.00. The predicted molar refractivity (Wildman–Crippen MR) is 135 cm³/mol. The van der Waals surface area contributed by atoms with Gasteiger partial charge >= 0.3 is 0 Å². The Hall–Kier alpha value is -1.40. The Morgan fingerprint density at radius 1 is 0.903 bits per heavy atom. The number of carbonyl (C=O) groups is 1. The van der Waals surface area contributed by atoms with Gasteiger partial charge in [-0.3, -0.25) is 4.79 Å². The van der Waals surface area contributed by atoms with Gasteiger partial charge in [0.1, 0.15) is 6.10 Å². The molecule has 3 nitrogen and oxygen atoms in total. The fraction of sp³-hybridized carbons (Fsp3) is 0.500. The molecule has 31 heavy (non-hydrogen) atoms. The minimum atomic E-state index is -2.17. The lowest BCUT2D eigenvalue weighted by atomic mass is 10.1. The molecule has 5 heteroatoms. The van der Waals surface area contributed by atoms with E-state index in [0.717, 1.165) is 11.1 Å². The highest BCUT2D eigenvalue weighted by atomic mass is 32.2. The lowest BCUT2D eigenvalue weighted by molar-refractivity contribution is -0.130. The second-order valence-electron chi connectivity index (χ2n) is 10.5. The Balaban J connectivity index is 2.44. The summed E-state index contributed by atoms with van der Waals surface area (Å²) in [7, 11) is -2.17. The van der Waals surface area contributed by atoms with Crippen molar-refractivity contribution in [2.24, 2.45) is 0 Å². The molecular weight excluding hydrogens is 420 g/mol. The zero-order chi connectivity index (χ0) is 23.3. The molecule has 0 unspecified atom stereocenters. The lowest BCUT2D eigenvalue weighted by Crippen LogP contribution is -2.45. The monoisotopic (exact) mass is 458 g/mol. The maximum Gasteiger partial charge on any atom is 0.221 e. The van der Waals surface area contributed by atoms with Crippen LogP contribution in [0.15, 0.2) is 60.7 Å². The van der Waals surface area contributed by atoms with Gasteiger partial charge in [0.15, 0.2) is 14.4 Å². The molecule has 2 rings (SSSR count). The van der Waals surface area contributed by atoms with Crippen molar-refractivity contribution < 1.29 is 14.0 Å². The van der Waals surface area contributed by atoms with E-state index in [2.05, 4.69) is 54.6 Å². The second kappa shape index (κ2) is 10.5. The first kappa shape index (κ1) is 25.9. The molecule has 0 heterocycles. The zero-order valence-corrected chi connectivity index (χ0v) is 22.1. The second-order valence-corrected chi connectivity index (χ2v) is 17.0. The van der Waals surface area contributed by atoms with Crippen molar-refractivity contribution in [2.75, 3.05) is 0 Å². The third-order valence-electron chi connectivity index (χ3n) is 5.54. The van der Waals surface area contributed by atoms with Crippen LogP contribution in [-0.2, 0) is 20.6 Å². The molecule has 0 saturated heterocycles. The molecule has 0 saturated carbocycles. The molecule has 0 bridgehead atoms. The number of ether oxygens (including phenoxy) is 1. The van der Waals surface area contributed by atoms with Gasteiger partial charge in [-0.2, -0.15) is 0 Å². The van der Waals surface area contributed by atoms with Crippen LogP contribution in [0.5, 0.6) is 0 Å². The molecule has 2 aromatic carbocycles. The van der Waals surface area contributed by atoms with Crippen LogP contribution in [0.2, 0.25) is 18.1 Å². The average Bonchev–Trinajstić information content (AvgIpc) is 2.66. The SMILES string of the molecule is CC(C)(C)SC(=O)[C@H](OCc1ccccc1)[C@H](O[Si](C)(C)C(C)(C)C)c1ccccc1. The maximum absolute atomic E-state index is 13.5. The highest BCUT2D eigenvalue weighted by Gasteiger charge is 2.43. The van der Waals surface area contributed by atoms with Gasteiger partial charge in [-0.05, 0) is 29.3 Å². The van der Waals surface area contributed by atoms with Crippen molar-refractivity contribution >= 4 is 25.2 Å². The molecule has 2 atom stereocenters. The highest BCUT2D eigenvalue weighted by molar-refractivity contribution is 8.14. The minimum Gasteiger partial charge on any atom is -0.407 e. The number of thioether (sulfide) groups is 1. The van der Waals surface area contributed by atoms with Gasteiger partial charge in [0.25, 0.3) is 0 Å². The van der Waals surface area contributed by atoms with Crippen LogP contribution >= 0.6 is 11.8 Å². The highest BCUT2D eigenvalue weighted by Crippen LogP contribution is 2.42. The molecule has 0 aliphatic rings. The van der Waals surface area contributed by atoms with E-state index in [1.165, 1.54) is 11.8 Å². The summed E-state index contributed by atoms with van der Waals surface area (Å²) >= 11 is 1.33. The lowest BCUT2D eigenvalue weighted by Gasteiger charge is -2.41. The summed E-state index contributed by atoms with van der Waals surface area (Å²) < 4.78 is 13.0. The number of hydrogen-bond acceptors (Lipinski definition) is 4. The third-order valence-corrected chi connectivity index (χ3v) is 11.0. The van der Waals surface area contributed by atoms with Crippen molar-refractivity contribution in [2.45, 2.75) is 83.2 Å². The summed E-state index contributed by atoms with van der Waals surface area (Å²) in [5.74, 6) is 0. The van der Waals surface area contributed by atoms with Gasteiger partial charge in [-0.25, -0.2) is 0 Å². The van der Waals surface area contributed by atoms with Gasteiger partial charge in [0, 0.05) is 4.75 Å². The van der Waals surface area contributed by atoms with Crippen LogP contribution in [-0.4, -0.2) is 24.3 Å². The largest absolute Gasteiger partial charge is 0.407 e. The van der Waals surface area contributed by atoms with Gasteiger partial charge in [0.05, 0.1) is 6.61 Å². The number of benzene rings is 2. The van der Waals surface area contributed by atoms with Gasteiger partial charge in [-0.15, -0.1) is 0 Å². The summed E-state index contributed by atoms with van der Waals surface area (Å²) in [5, 5.41) is 0.0283. The molecule has 0 N–H and O–H groups in total. The molecule has 0 aliphatic carbocycles. The topological polar surface area (TPSA) is 35.5 Å². The first-order valence-corrected chi connectivity index (χ1v) is 14.6. The van der Waals surface area contributed by atoms with Crippen LogP contribution in [0.25, 0.3) is 0 Å². The average molecular weight is 459 g/mol. The first-order chi connectivity index (χ1) is 14.3. The van der Waals surface area contributed by atoms with Crippen LogP contribution in [0.1, 0.15) is 58.8 Å². The van der Waals surface area contributed by atoms with E-state index in [1.54, 1.807) is 0 Å². The fourth-order valence-electron chi connectivity index (χ4n) is 2.84. The smallest absolute Gasteiger partial charge is 0.221 e. The summed E-state index contributed by atoms with van der Waals surface area (Å²) in [6.07, 6.45) is -1.14. The van der Waals surface area contributed by atoms with Gasteiger partial charge < -0.3 is 9.16 Å². The summed E-state index contributed by atoms with van der Waals surface area (Å²) in [5.41, 5.74) is 2.02. The van der Waals surface area contributed by atoms with Crippen molar-refractivity contribution in [1.29, 1.82) is 0 Å². The standard InChI is InChI=1S/C26H38O3SSi/c1-25(2,3)30-24(27)23(28-19-20-15-11-9-12-16-20)22(21-17-13-10-14-18-21)29-31(7,8)26(4,5)6/h9-18,22-23H,19H2,1-8H3/t22-,23-/m1/s1. The molecule has 0 aromatic heterocycles. The minimum absolute atomic E-state index is 0.0102. The van der Waals surface area contributed by atoms with Gasteiger partial charge in [0.2, 0.25) is 5.12 Å². The van der Waals surface area contributed by atoms with Crippen LogP contribution in [0, 0.1) is 0 Å². The van der Waals surface area contributed by atoms with Crippen molar-refractivity contribution in [3.05, 3.63) is 71.8 Å². The van der Waals surface area contributed by atoms with E-state index < -0.39 is 20.5 Å². The molecule has 0 aliphatic heterocycles. The van der Waals surface area contributed by atoms with E-state index in [4.69, 9.17) is 9.16 Å². The Labute approximate surface area is 194 Å². The molecule has 0 fully saturated rings. The maximum atomic E-state index is 13.5. The van der Waals surface area contributed by atoms with E-state index in [-0.39, 0.29) is 14.9 Å². The molecular formula is C26H38O3SSi. The van der Waals surface area contributed by atoms with E-state index in [1.807, 2.05) is 60.7 Å². The Morgan fingerprint density at radius 2 is 1.42 bits per heavy atom. The Morgan fingerprint density at radius 3 is 1.90 bits per heavy atom. The van der Waals surface area contributed by atoms with Crippen molar-refractivity contribution in [3.8, 4) is 0 Å². The Bertz CT molecular complexity index is 823. The van der Waals surface area contributed by atoms with Crippen LogP contribution < -0.4 is 0 Å². The van der Waals surface area contributed by atoms with Crippen LogP contribution in [0.4, 0.5) is 0 Å². The van der Waals surface area contributed by atoms with Crippen molar-refractivity contribution in [3.63, 3.8) is 0 Å². The van der Waals surface area contributed by atoms with Gasteiger partial charge in [-0.1, -0.05) is 114 Å². The number of carbonyl (C=O) groups excluding carboxylic acids is 1. The summed E-state index contributed by atoms with van der Waals surface area (Å²) in [6, 6.07) is 20.0. The zero-order valence-electron chi connectivity index (χ0n) is 20.3. The predicted octanol–water partition coefficient (Wildman–Crippen LogP) is 7.39. The number of rotatable bonds is 8. The molecule has 0 radical (unpaired) electrons. The van der Waals surface area contributed by atoms with Crippen molar-refractivity contribution in [1.82, 2.24) is 0 Å². The van der Waals surface area contributed by atoms with E-state index in [0.29, 0.717) is 6.61 Å². The molecule has 2 aromatic rings. The summed E-state index contributed by atoms with van der Waals surface area (Å²) in [6.45, 7) is 17.6. The number of hydrogen-bond donors (Lipinski definition) is 0. The molecule has 0 spiro atoms. The third kappa shape index (κ3) is 7.90. The normalized spacial score (nSPS) is 14.8. The van der Waals surface area contributed by atoms with E-state index in [9.17, 15) is 4.79 Å². The quantitative estimate of drug-likeness (QED) is 0.386. The first-order valence-electron chi connectivity index (χ1n) is 10.9. The molecule has 170 valence electrons. The summed E-state index contributed by atoms with van der Waals surface area (Å²) in [4.78, 5) is 13.5.